The smallest absolute Gasteiger partial charge is 0.340 e. The number of carbonyl (C=O) groups excluding carboxylic acids is 1. The molecule has 1 spiro atoms. The number of anilines is 2. The quantitative estimate of drug-likeness (QED) is 0.253. The van der Waals surface area contributed by atoms with Crippen LogP contribution in [0.4, 0.5) is 11.4 Å². The van der Waals surface area contributed by atoms with Crippen LogP contribution in [0.25, 0.3) is 10.8 Å². The number of rotatable bonds is 3. The van der Waals surface area contributed by atoms with Crippen molar-refractivity contribution in [2.75, 3.05) is 12.4 Å². The summed E-state index contributed by atoms with van der Waals surface area (Å²) >= 11 is 6.84. The van der Waals surface area contributed by atoms with E-state index in [0.717, 1.165) is 33.3 Å². The number of fused-ring (bicyclic) bond motifs is 8. The summed E-state index contributed by atoms with van der Waals surface area (Å²) in [5, 5.41) is 5.79. The van der Waals surface area contributed by atoms with Crippen molar-refractivity contribution in [1.82, 2.24) is 0 Å². The van der Waals surface area contributed by atoms with E-state index in [1.54, 1.807) is 13.2 Å². The molecule has 1 atom stereocenters. The van der Waals surface area contributed by atoms with E-state index in [9.17, 15) is 4.79 Å². The number of methoxy groups -OCH3 is 1. The van der Waals surface area contributed by atoms with E-state index < -0.39 is 5.60 Å². The Morgan fingerprint density at radius 3 is 2.57 bits per heavy atom. The molecule has 0 aliphatic carbocycles. The van der Waals surface area contributed by atoms with E-state index >= 15 is 0 Å². The van der Waals surface area contributed by atoms with Crippen LogP contribution in [0.5, 0.6) is 17.2 Å². The molecule has 2 aliphatic heterocycles. The molecule has 5 aromatic carbocycles. The molecule has 0 saturated carbocycles. The minimum absolute atomic E-state index is 0.378. The van der Waals surface area contributed by atoms with Crippen LogP contribution in [0, 0.1) is 0 Å². The van der Waals surface area contributed by atoms with Crippen LogP contribution in [-0.4, -0.2) is 13.1 Å². The summed E-state index contributed by atoms with van der Waals surface area (Å²) in [6.07, 6.45) is 0. The van der Waals surface area contributed by atoms with Crippen LogP contribution in [0.3, 0.4) is 0 Å². The SMILES string of the molecule is COc1cccc(Nc2cc3c(cc2Cl)C2(OC(=O)c4ccccc42)c2ccc4ccccc4c2O3)c1. The van der Waals surface area contributed by atoms with Gasteiger partial charge in [0.15, 0.2) is 5.60 Å². The molecular formula is C31H20ClNO4. The third kappa shape index (κ3) is 3.14. The van der Waals surface area contributed by atoms with Crippen LogP contribution in [0.15, 0.2) is 97.1 Å². The molecule has 0 fully saturated rings. The molecule has 180 valence electrons. The number of benzene rings is 5. The molecule has 2 heterocycles. The van der Waals surface area contributed by atoms with Crippen molar-refractivity contribution in [2.24, 2.45) is 0 Å². The molecule has 6 heteroatoms. The molecule has 7 rings (SSSR count). The first-order valence-electron chi connectivity index (χ1n) is 11.9. The predicted octanol–water partition coefficient (Wildman–Crippen LogP) is 7.81. The predicted molar refractivity (Wildman–Crippen MR) is 143 cm³/mol. The molecule has 5 nitrogen and oxygen atoms in total. The molecule has 0 radical (unpaired) electrons. The zero-order valence-corrected chi connectivity index (χ0v) is 20.5. The van der Waals surface area contributed by atoms with Crippen molar-refractivity contribution in [3.63, 3.8) is 0 Å². The van der Waals surface area contributed by atoms with E-state index in [1.807, 2.05) is 91.0 Å². The maximum absolute atomic E-state index is 13.2. The number of halogens is 1. The van der Waals surface area contributed by atoms with Crippen molar-refractivity contribution in [3.8, 4) is 17.2 Å². The number of hydrogen-bond donors (Lipinski definition) is 1. The van der Waals surface area contributed by atoms with Gasteiger partial charge in [0.25, 0.3) is 0 Å². The Balaban J connectivity index is 1.48. The highest BCUT2D eigenvalue weighted by molar-refractivity contribution is 6.33. The molecular weight excluding hydrogens is 486 g/mol. The van der Waals surface area contributed by atoms with Gasteiger partial charge in [0.05, 0.1) is 23.4 Å². The maximum Gasteiger partial charge on any atom is 0.340 e. The van der Waals surface area contributed by atoms with Crippen LogP contribution >= 0.6 is 11.6 Å². The molecule has 37 heavy (non-hydrogen) atoms. The highest BCUT2D eigenvalue weighted by Crippen LogP contribution is 2.58. The van der Waals surface area contributed by atoms with Gasteiger partial charge in [-0.15, -0.1) is 0 Å². The van der Waals surface area contributed by atoms with E-state index in [2.05, 4.69) is 5.32 Å². The number of ether oxygens (including phenoxy) is 3. The number of esters is 1. The van der Waals surface area contributed by atoms with Crippen LogP contribution < -0.4 is 14.8 Å². The lowest BCUT2D eigenvalue weighted by atomic mass is 9.77. The van der Waals surface area contributed by atoms with Gasteiger partial charge in [0, 0.05) is 39.9 Å². The Morgan fingerprint density at radius 1 is 0.838 bits per heavy atom. The van der Waals surface area contributed by atoms with Crippen molar-refractivity contribution in [1.29, 1.82) is 0 Å². The first-order valence-corrected chi connectivity index (χ1v) is 12.2. The van der Waals surface area contributed by atoms with E-state index in [0.29, 0.717) is 33.3 Å². The fourth-order valence-corrected chi connectivity index (χ4v) is 5.58. The average molecular weight is 506 g/mol. The third-order valence-electron chi connectivity index (χ3n) is 7.04. The van der Waals surface area contributed by atoms with Crippen molar-refractivity contribution in [3.05, 3.63) is 124 Å². The summed E-state index contributed by atoms with van der Waals surface area (Å²) in [5.74, 6) is 1.56. The van der Waals surface area contributed by atoms with E-state index in [1.165, 1.54) is 0 Å². The van der Waals surface area contributed by atoms with Gasteiger partial charge in [-0.2, -0.15) is 0 Å². The number of hydrogen-bond acceptors (Lipinski definition) is 5. The van der Waals surface area contributed by atoms with Gasteiger partial charge in [-0.1, -0.05) is 66.2 Å². The normalized spacial score (nSPS) is 17.0. The second kappa shape index (κ2) is 8.02. The maximum atomic E-state index is 13.2. The van der Waals surface area contributed by atoms with Gasteiger partial charge in [0.2, 0.25) is 0 Å². The molecule has 0 amide bonds. The zero-order valence-electron chi connectivity index (χ0n) is 19.7. The van der Waals surface area contributed by atoms with Crippen molar-refractivity contribution in [2.45, 2.75) is 5.60 Å². The Bertz CT molecular complexity index is 1750. The summed E-state index contributed by atoms with van der Waals surface area (Å²) in [5.41, 5.74) is 3.03. The molecule has 2 aliphatic rings. The Labute approximate surface area is 218 Å². The fourth-order valence-electron chi connectivity index (χ4n) is 5.37. The van der Waals surface area contributed by atoms with Crippen LogP contribution in [0.2, 0.25) is 5.02 Å². The van der Waals surface area contributed by atoms with E-state index in [4.69, 9.17) is 25.8 Å². The van der Waals surface area contributed by atoms with Gasteiger partial charge in [-0.05, 0) is 35.7 Å². The first kappa shape index (κ1) is 21.8. The number of carbonyl (C=O) groups is 1. The topological polar surface area (TPSA) is 56.8 Å². The Hall–Kier alpha value is -4.48. The number of nitrogens with one attached hydrogen (secondary N) is 1. The summed E-state index contributed by atoms with van der Waals surface area (Å²) in [7, 11) is 1.63. The highest BCUT2D eigenvalue weighted by atomic mass is 35.5. The first-order chi connectivity index (χ1) is 18.1. The molecule has 5 aromatic rings. The highest BCUT2D eigenvalue weighted by Gasteiger charge is 2.54. The fraction of sp³-hybridized carbons (Fsp3) is 0.0645. The summed E-state index contributed by atoms with van der Waals surface area (Å²) in [6.45, 7) is 0. The van der Waals surface area contributed by atoms with Crippen LogP contribution in [0.1, 0.15) is 27.0 Å². The standard InChI is InChI=1S/C31H20ClNO4/c1-35-20-9-6-8-19(15-20)33-27-17-28-25(16-26(27)32)31(23-12-5-4-11-22(23)30(34)37-31)24-14-13-18-7-2-3-10-21(18)29(24)36-28/h2-17,33H,1H3. The van der Waals surface area contributed by atoms with E-state index in [-0.39, 0.29) is 5.97 Å². The zero-order chi connectivity index (χ0) is 25.1. The lowest BCUT2D eigenvalue weighted by molar-refractivity contribution is 0.0225. The minimum Gasteiger partial charge on any atom is -0.497 e. The minimum atomic E-state index is -1.18. The third-order valence-corrected chi connectivity index (χ3v) is 7.35. The van der Waals surface area contributed by atoms with Crippen LogP contribution in [-0.2, 0) is 10.3 Å². The van der Waals surface area contributed by atoms with Gasteiger partial charge in [0.1, 0.15) is 17.2 Å². The van der Waals surface area contributed by atoms with Gasteiger partial charge < -0.3 is 19.5 Å². The second-order valence-corrected chi connectivity index (χ2v) is 9.47. The monoisotopic (exact) mass is 505 g/mol. The lowest BCUT2D eigenvalue weighted by Crippen LogP contribution is -2.33. The Kier molecular flexibility index (Phi) is 4.72. The average Bonchev–Trinajstić information content (AvgIpc) is 3.22. The van der Waals surface area contributed by atoms with Crippen molar-refractivity contribution < 1.29 is 19.0 Å². The summed E-state index contributed by atoms with van der Waals surface area (Å²) in [6, 6.07) is 30.8. The summed E-state index contributed by atoms with van der Waals surface area (Å²) in [4.78, 5) is 13.2. The molecule has 0 aromatic heterocycles. The lowest BCUT2D eigenvalue weighted by Gasteiger charge is -2.37. The molecule has 0 bridgehead atoms. The largest absolute Gasteiger partial charge is 0.497 e. The second-order valence-electron chi connectivity index (χ2n) is 9.07. The Morgan fingerprint density at radius 2 is 1.68 bits per heavy atom. The van der Waals surface area contributed by atoms with Crippen molar-refractivity contribution >= 4 is 39.7 Å². The molecule has 0 saturated heterocycles. The van der Waals surface area contributed by atoms with Gasteiger partial charge in [-0.3, -0.25) is 0 Å². The summed E-state index contributed by atoms with van der Waals surface area (Å²) < 4.78 is 18.2. The molecule has 1 N–H and O–H groups in total. The van der Waals surface area contributed by atoms with Gasteiger partial charge in [-0.25, -0.2) is 4.79 Å². The molecule has 1 unspecified atom stereocenters. The van der Waals surface area contributed by atoms with Gasteiger partial charge >= 0.3 is 5.97 Å².